The molecule has 0 aliphatic carbocycles. The fraction of sp³-hybridized carbons (Fsp3) is 0. The smallest absolute Gasteiger partial charge is 0.235 e. The second-order valence-corrected chi connectivity index (χ2v) is 13.7. The van der Waals surface area contributed by atoms with Gasteiger partial charge in [-0.15, -0.1) is 11.3 Å². The van der Waals surface area contributed by atoms with Crippen LogP contribution in [-0.4, -0.2) is 19.1 Å². The van der Waals surface area contributed by atoms with Gasteiger partial charge in [0.15, 0.2) is 0 Å². The van der Waals surface area contributed by atoms with Gasteiger partial charge in [-0.1, -0.05) is 109 Å². The third kappa shape index (κ3) is 3.79. The Bertz CT molecular complexity index is 3110. The van der Waals surface area contributed by atoms with Gasteiger partial charge in [0.05, 0.1) is 38.0 Å². The maximum Gasteiger partial charge on any atom is 0.235 e. The number of hydrogen-bond acceptors (Lipinski definition) is 3. The zero-order valence-electron chi connectivity index (χ0n) is 26.2. The van der Waals surface area contributed by atoms with Crippen LogP contribution >= 0.6 is 11.3 Å². The lowest BCUT2D eigenvalue weighted by Gasteiger charge is -2.12. The van der Waals surface area contributed by atoms with Crippen LogP contribution in [-0.2, 0) is 0 Å². The fourth-order valence-electron chi connectivity index (χ4n) is 7.80. The first-order chi connectivity index (χ1) is 24.3. The second kappa shape index (κ2) is 10.1. The number of nitrogens with zero attached hydrogens (tertiary/aromatic N) is 4. The molecule has 4 nitrogen and oxygen atoms in total. The maximum absolute atomic E-state index is 5.58. The van der Waals surface area contributed by atoms with Gasteiger partial charge in [-0.25, -0.2) is 9.97 Å². The highest BCUT2D eigenvalue weighted by Gasteiger charge is 2.23. The molecule has 0 fully saturated rings. The molecule has 7 aromatic carbocycles. The normalized spacial score (nSPS) is 12.1. The van der Waals surface area contributed by atoms with Gasteiger partial charge < -0.3 is 4.57 Å². The van der Waals surface area contributed by atoms with E-state index in [4.69, 9.17) is 9.97 Å². The van der Waals surface area contributed by atoms with E-state index in [0.29, 0.717) is 5.95 Å². The van der Waals surface area contributed by atoms with Gasteiger partial charge in [-0.3, -0.25) is 4.57 Å². The van der Waals surface area contributed by atoms with E-state index in [1.54, 1.807) is 11.3 Å². The molecule has 0 unspecified atom stereocenters. The van der Waals surface area contributed by atoms with Crippen LogP contribution in [0.25, 0.3) is 97.6 Å². The fourth-order valence-corrected chi connectivity index (χ4v) is 8.95. The van der Waals surface area contributed by atoms with Crippen molar-refractivity contribution in [2.24, 2.45) is 0 Å². The zero-order valence-corrected chi connectivity index (χ0v) is 27.0. The van der Waals surface area contributed by atoms with Crippen molar-refractivity contribution in [3.63, 3.8) is 0 Å². The van der Waals surface area contributed by atoms with Crippen LogP contribution in [0.5, 0.6) is 0 Å². The van der Waals surface area contributed by atoms with Crippen LogP contribution < -0.4 is 0 Å². The molecule has 0 saturated carbocycles. The number of rotatable bonds is 3. The summed E-state index contributed by atoms with van der Waals surface area (Å²) < 4.78 is 6.94. The maximum atomic E-state index is 5.58. The number of para-hydroxylation sites is 3. The highest BCUT2D eigenvalue weighted by molar-refractivity contribution is 7.26. The van der Waals surface area contributed by atoms with E-state index in [1.807, 2.05) is 0 Å². The van der Waals surface area contributed by atoms with Crippen LogP contribution in [0.15, 0.2) is 158 Å². The molecule has 4 aromatic heterocycles. The molecular formula is C44H26N4S. The zero-order chi connectivity index (χ0) is 32.1. The Kier molecular flexibility index (Phi) is 5.51. The molecule has 0 spiro atoms. The van der Waals surface area contributed by atoms with Gasteiger partial charge in [0.25, 0.3) is 0 Å². The Labute approximate surface area is 284 Å². The summed E-state index contributed by atoms with van der Waals surface area (Å²) in [5.74, 6) is 0.677. The van der Waals surface area contributed by atoms with Gasteiger partial charge in [0.1, 0.15) is 0 Å². The van der Waals surface area contributed by atoms with Gasteiger partial charge in [-0.2, -0.15) is 0 Å². The average Bonchev–Trinajstić information content (AvgIpc) is 3.81. The van der Waals surface area contributed by atoms with Crippen molar-refractivity contribution in [3.05, 3.63) is 158 Å². The standard InChI is InChI=1S/C44H26N4S/c1-2-15-29(16-3-1)47-36-22-10-7-18-31(36)40-33(20-12-23-37(40)47)42-43-41(32-19-8-11-24-39(32)49-43)45-44(46-42)48-35-21-9-6-17-30(35)34-25-27-13-4-5-14-28(27)26-38(34)48/h1-26H. The third-order valence-corrected chi connectivity index (χ3v) is 11.1. The summed E-state index contributed by atoms with van der Waals surface area (Å²) in [6.45, 7) is 0. The number of thiophene rings is 1. The molecule has 0 saturated heterocycles. The van der Waals surface area contributed by atoms with E-state index in [1.165, 1.54) is 42.5 Å². The molecule has 11 rings (SSSR count). The summed E-state index contributed by atoms with van der Waals surface area (Å²) in [5, 5.41) is 8.35. The molecule has 228 valence electrons. The average molecular weight is 643 g/mol. The number of aromatic nitrogens is 4. The minimum Gasteiger partial charge on any atom is -0.309 e. The van der Waals surface area contributed by atoms with Crippen LogP contribution in [0.3, 0.4) is 0 Å². The molecule has 0 aliphatic rings. The van der Waals surface area contributed by atoms with Gasteiger partial charge in [0.2, 0.25) is 5.95 Å². The van der Waals surface area contributed by atoms with E-state index in [9.17, 15) is 0 Å². The van der Waals surface area contributed by atoms with Crippen LogP contribution in [0.1, 0.15) is 0 Å². The Morgan fingerprint density at radius 2 is 1.10 bits per heavy atom. The first-order valence-corrected chi connectivity index (χ1v) is 17.3. The van der Waals surface area contributed by atoms with Gasteiger partial charge in [-0.05, 0) is 59.3 Å². The molecule has 0 bridgehead atoms. The number of hydrogen-bond donors (Lipinski definition) is 0. The topological polar surface area (TPSA) is 35.6 Å². The minimum absolute atomic E-state index is 0.677. The Balaban J connectivity index is 1.30. The molecular weight excluding hydrogens is 617 g/mol. The van der Waals surface area contributed by atoms with Crippen molar-refractivity contribution < 1.29 is 0 Å². The van der Waals surface area contributed by atoms with Gasteiger partial charge in [0, 0.05) is 42.9 Å². The molecule has 4 heterocycles. The summed E-state index contributed by atoms with van der Waals surface area (Å²) in [4.78, 5) is 11.0. The minimum atomic E-state index is 0.677. The quantitative estimate of drug-likeness (QED) is 0.192. The lowest BCUT2D eigenvalue weighted by atomic mass is 10.0. The third-order valence-electron chi connectivity index (χ3n) is 9.92. The largest absolute Gasteiger partial charge is 0.309 e. The summed E-state index contributed by atoms with van der Waals surface area (Å²) in [7, 11) is 0. The van der Waals surface area contributed by atoms with Crippen molar-refractivity contribution in [2.75, 3.05) is 0 Å². The molecule has 0 N–H and O–H groups in total. The van der Waals surface area contributed by atoms with E-state index in [-0.39, 0.29) is 0 Å². The Hall–Kier alpha value is -6.30. The molecule has 49 heavy (non-hydrogen) atoms. The lowest BCUT2D eigenvalue weighted by molar-refractivity contribution is 1.02. The van der Waals surface area contributed by atoms with Crippen molar-refractivity contribution in [2.45, 2.75) is 0 Å². The van der Waals surface area contributed by atoms with Crippen molar-refractivity contribution >= 4 is 86.0 Å². The summed E-state index contributed by atoms with van der Waals surface area (Å²) in [6.07, 6.45) is 0. The Morgan fingerprint density at radius 1 is 0.449 bits per heavy atom. The Morgan fingerprint density at radius 3 is 1.94 bits per heavy atom. The van der Waals surface area contributed by atoms with Crippen molar-refractivity contribution in [3.8, 4) is 22.9 Å². The van der Waals surface area contributed by atoms with Crippen LogP contribution in [0.2, 0.25) is 0 Å². The van der Waals surface area contributed by atoms with E-state index >= 15 is 0 Å². The van der Waals surface area contributed by atoms with E-state index < -0.39 is 0 Å². The van der Waals surface area contributed by atoms with Crippen LogP contribution in [0.4, 0.5) is 0 Å². The summed E-state index contributed by atoms with van der Waals surface area (Å²) >= 11 is 1.77. The lowest BCUT2D eigenvalue weighted by Crippen LogP contribution is -2.03. The second-order valence-electron chi connectivity index (χ2n) is 12.6. The first-order valence-electron chi connectivity index (χ1n) is 16.5. The SMILES string of the molecule is c1ccc(-n2c3ccccc3c3c(-c4nc(-n5c6ccccc6c6cc7ccccc7cc65)nc5c4sc4ccccc45)cccc32)cc1. The predicted molar refractivity (Wildman–Crippen MR) is 207 cm³/mol. The monoisotopic (exact) mass is 642 g/mol. The molecule has 0 aliphatic heterocycles. The molecule has 0 amide bonds. The van der Waals surface area contributed by atoms with Crippen molar-refractivity contribution in [1.82, 2.24) is 19.1 Å². The molecule has 11 aromatic rings. The van der Waals surface area contributed by atoms with Crippen LogP contribution in [0, 0.1) is 0 Å². The number of fused-ring (bicyclic) bond motifs is 10. The predicted octanol–water partition coefficient (Wildman–Crippen LogP) is 11.9. The van der Waals surface area contributed by atoms with Crippen molar-refractivity contribution in [1.29, 1.82) is 0 Å². The first kappa shape index (κ1) is 26.7. The molecule has 0 radical (unpaired) electrons. The molecule has 0 atom stereocenters. The highest BCUT2D eigenvalue weighted by atomic mass is 32.1. The summed E-state index contributed by atoms with van der Waals surface area (Å²) in [5.41, 5.74) is 8.70. The van der Waals surface area contributed by atoms with Gasteiger partial charge >= 0.3 is 0 Å². The number of benzene rings is 7. The van der Waals surface area contributed by atoms with E-state index in [0.717, 1.165) is 49.1 Å². The highest BCUT2D eigenvalue weighted by Crippen LogP contribution is 2.44. The summed E-state index contributed by atoms with van der Waals surface area (Å²) in [6, 6.07) is 56.4. The van der Waals surface area contributed by atoms with E-state index in [2.05, 4.69) is 167 Å². The molecule has 5 heteroatoms.